The number of anilines is 1. The molecule has 0 aromatic heterocycles. The highest BCUT2D eigenvalue weighted by Crippen LogP contribution is 2.25. The lowest BCUT2D eigenvalue weighted by Gasteiger charge is -2.07. The Morgan fingerprint density at radius 2 is 2.06 bits per heavy atom. The van der Waals surface area contributed by atoms with E-state index in [0.717, 1.165) is 0 Å². The molecule has 1 rings (SSSR count). The van der Waals surface area contributed by atoms with Crippen molar-refractivity contribution < 1.29 is 14.3 Å². The van der Waals surface area contributed by atoms with E-state index in [0.29, 0.717) is 15.7 Å². The molecule has 0 bridgehead atoms. The largest absolute Gasteiger partial charge is 0.466 e. The van der Waals surface area contributed by atoms with Gasteiger partial charge in [0.25, 0.3) is 0 Å². The van der Waals surface area contributed by atoms with Crippen molar-refractivity contribution in [1.82, 2.24) is 0 Å². The van der Waals surface area contributed by atoms with Crippen LogP contribution in [-0.4, -0.2) is 18.5 Å². The number of amides is 1. The molecular weight excluding hydrogens is 265 g/mol. The van der Waals surface area contributed by atoms with Crippen LogP contribution < -0.4 is 5.32 Å². The standard InChI is InChI=1S/C11H11Cl2NO3/c1-2-17-11(16)6-10(15)14-9-4-3-7(12)5-8(9)13/h3-5H,2,6H2,1H3,(H,14,15). The molecule has 4 nitrogen and oxygen atoms in total. The van der Waals surface area contributed by atoms with Crippen LogP contribution in [0.5, 0.6) is 0 Å². The van der Waals surface area contributed by atoms with Crippen molar-refractivity contribution >= 4 is 40.8 Å². The molecule has 0 saturated heterocycles. The van der Waals surface area contributed by atoms with Crippen LogP contribution in [0.1, 0.15) is 13.3 Å². The van der Waals surface area contributed by atoms with Crippen molar-refractivity contribution in [3.05, 3.63) is 28.2 Å². The molecular formula is C11H11Cl2NO3. The molecule has 0 saturated carbocycles. The first-order valence-electron chi connectivity index (χ1n) is 4.93. The van der Waals surface area contributed by atoms with Gasteiger partial charge in [-0.1, -0.05) is 23.2 Å². The third kappa shape index (κ3) is 4.63. The fraction of sp³-hybridized carbons (Fsp3) is 0.273. The Kier molecular flexibility index (Phi) is 5.25. The van der Waals surface area contributed by atoms with Crippen LogP contribution in [0.15, 0.2) is 18.2 Å². The fourth-order valence-electron chi connectivity index (χ4n) is 1.13. The van der Waals surface area contributed by atoms with E-state index in [4.69, 9.17) is 23.2 Å². The van der Waals surface area contributed by atoms with Gasteiger partial charge >= 0.3 is 5.97 Å². The number of carbonyl (C=O) groups is 2. The molecule has 1 N–H and O–H groups in total. The van der Waals surface area contributed by atoms with Crippen LogP contribution in [0.4, 0.5) is 5.69 Å². The number of benzene rings is 1. The van der Waals surface area contributed by atoms with Crippen molar-refractivity contribution in [1.29, 1.82) is 0 Å². The quantitative estimate of drug-likeness (QED) is 0.679. The number of hydrogen-bond acceptors (Lipinski definition) is 3. The topological polar surface area (TPSA) is 55.4 Å². The average molecular weight is 276 g/mol. The molecule has 1 amide bonds. The monoisotopic (exact) mass is 275 g/mol. The molecule has 0 unspecified atom stereocenters. The normalized spacial score (nSPS) is 9.82. The maximum atomic E-state index is 11.4. The summed E-state index contributed by atoms with van der Waals surface area (Å²) in [6.45, 7) is 1.92. The summed E-state index contributed by atoms with van der Waals surface area (Å²) in [5, 5.41) is 3.28. The van der Waals surface area contributed by atoms with Crippen LogP contribution in [-0.2, 0) is 14.3 Å². The van der Waals surface area contributed by atoms with Crippen LogP contribution in [0.2, 0.25) is 10.0 Å². The van der Waals surface area contributed by atoms with Gasteiger partial charge in [0.15, 0.2) is 0 Å². The van der Waals surface area contributed by atoms with Crippen LogP contribution in [0, 0.1) is 0 Å². The van der Waals surface area contributed by atoms with E-state index in [9.17, 15) is 9.59 Å². The molecule has 0 fully saturated rings. The summed E-state index contributed by atoms with van der Waals surface area (Å²) in [5.74, 6) is -1.05. The van der Waals surface area contributed by atoms with Gasteiger partial charge in [-0.2, -0.15) is 0 Å². The first-order valence-corrected chi connectivity index (χ1v) is 5.69. The van der Waals surface area contributed by atoms with Crippen molar-refractivity contribution in [3.63, 3.8) is 0 Å². The maximum absolute atomic E-state index is 11.4. The minimum Gasteiger partial charge on any atom is -0.466 e. The highest BCUT2D eigenvalue weighted by molar-refractivity contribution is 6.36. The molecule has 1 aromatic rings. The summed E-state index contributed by atoms with van der Waals surface area (Å²) in [6.07, 6.45) is -0.340. The van der Waals surface area contributed by atoms with Gasteiger partial charge in [-0.25, -0.2) is 0 Å². The van der Waals surface area contributed by atoms with E-state index in [1.54, 1.807) is 19.1 Å². The number of halogens is 2. The van der Waals surface area contributed by atoms with Gasteiger partial charge in [0.1, 0.15) is 6.42 Å². The molecule has 0 radical (unpaired) electrons. The van der Waals surface area contributed by atoms with Crippen LogP contribution in [0.25, 0.3) is 0 Å². The Morgan fingerprint density at radius 1 is 1.35 bits per heavy atom. The number of carbonyl (C=O) groups excluding carboxylic acids is 2. The van der Waals surface area contributed by atoms with Gasteiger partial charge in [0.2, 0.25) is 5.91 Å². The zero-order valence-corrected chi connectivity index (χ0v) is 10.6. The molecule has 0 aliphatic carbocycles. The lowest BCUT2D eigenvalue weighted by atomic mass is 10.3. The van der Waals surface area contributed by atoms with E-state index >= 15 is 0 Å². The Hall–Kier alpha value is -1.26. The van der Waals surface area contributed by atoms with E-state index in [2.05, 4.69) is 10.1 Å². The lowest BCUT2D eigenvalue weighted by Crippen LogP contribution is -2.18. The summed E-state index contributed by atoms with van der Waals surface area (Å²) in [4.78, 5) is 22.5. The maximum Gasteiger partial charge on any atom is 0.315 e. The molecule has 0 atom stereocenters. The highest BCUT2D eigenvalue weighted by Gasteiger charge is 2.11. The van der Waals surface area contributed by atoms with Crippen molar-refractivity contribution in [2.24, 2.45) is 0 Å². The van der Waals surface area contributed by atoms with Crippen LogP contribution >= 0.6 is 23.2 Å². The predicted molar refractivity (Wildman–Crippen MR) is 66.3 cm³/mol. The van der Waals surface area contributed by atoms with Crippen molar-refractivity contribution in [2.75, 3.05) is 11.9 Å². The van der Waals surface area contributed by atoms with E-state index in [1.807, 2.05) is 0 Å². The van der Waals surface area contributed by atoms with Crippen molar-refractivity contribution in [3.8, 4) is 0 Å². The summed E-state index contributed by atoms with van der Waals surface area (Å²) in [5.41, 5.74) is 0.408. The highest BCUT2D eigenvalue weighted by atomic mass is 35.5. The fourth-order valence-corrected chi connectivity index (χ4v) is 1.58. The van der Waals surface area contributed by atoms with E-state index in [-0.39, 0.29) is 13.0 Å². The summed E-state index contributed by atoms with van der Waals surface area (Å²) in [7, 11) is 0. The third-order valence-electron chi connectivity index (χ3n) is 1.82. The zero-order chi connectivity index (χ0) is 12.8. The second kappa shape index (κ2) is 6.47. The van der Waals surface area contributed by atoms with Crippen LogP contribution in [0.3, 0.4) is 0 Å². The summed E-state index contributed by atoms with van der Waals surface area (Å²) in [6, 6.07) is 4.66. The molecule has 0 spiro atoms. The Balaban J connectivity index is 2.59. The van der Waals surface area contributed by atoms with Gasteiger partial charge in [-0.3, -0.25) is 9.59 Å². The number of esters is 1. The average Bonchev–Trinajstić information content (AvgIpc) is 2.22. The third-order valence-corrected chi connectivity index (χ3v) is 2.36. The number of hydrogen-bond donors (Lipinski definition) is 1. The van der Waals surface area contributed by atoms with Gasteiger partial charge in [-0.15, -0.1) is 0 Å². The number of nitrogens with one attached hydrogen (secondary N) is 1. The molecule has 0 aliphatic heterocycles. The minimum absolute atomic E-state index is 0.244. The van der Waals surface area contributed by atoms with Crippen molar-refractivity contribution in [2.45, 2.75) is 13.3 Å². The first kappa shape index (κ1) is 13.8. The molecule has 1 aromatic carbocycles. The Morgan fingerprint density at radius 3 is 2.65 bits per heavy atom. The number of rotatable bonds is 4. The second-order valence-electron chi connectivity index (χ2n) is 3.15. The minimum atomic E-state index is -0.574. The predicted octanol–water partition coefficient (Wildman–Crippen LogP) is 2.89. The SMILES string of the molecule is CCOC(=O)CC(=O)Nc1ccc(Cl)cc1Cl. The molecule has 17 heavy (non-hydrogen) atoms. The lowest BCUT2D eigenvalue weighted by molar-refractivity contribution is -0.145. The van der Waals surface area contributed by atoms with Gasteiger partial charge in [-0.05, 0) is 25.1 Å². The molecule has 0 heterocycles. The summed E-state index contributed by atoms with van der Waals surface area (Å²) < 4.78 is 4.65. The second-order valence-corrected chi connectivity index (χ2v) is 4.00. The zero-order valence-electron chi connectivity index (χ0n) is 9.13. The van der Waals surface area contributed by atoms with E-state index < -0.39 is 11.9 Å². The number of ether oxygens (including phenoxy) is 1. The smallest absolute Gasteiger partial charge is 0.315 e. The van der Waals surface area contributed by atoms with Gasteiger partial charge < -0.3 is 10.1 Å². The van der Waals surface area contributed by atoms with E-state index in [1.165, 1.54) is 6.07 Å². The van der Waals surface area contributed by atoms with Gasteiger partial charge in [0.05, 0.1) is 17.3 Å². The molecule has 92 valence electrons. The molecule has 0 aliphatic rings. The Labute approximate surface area is 109 Å². The summed E-state index contributed by atoms with van der Waals surface area (Å²) >= 11 is 11.6. The molecule has 6 heteroatoms. The first-order chi connectivity index (χ1) is 8.02. The Bertz CT molecular complexity index is 435. The van der Waals surface area contributed by atoms with Gasteiger partial charge in [0, 0.05) is 5.02 Å².